The van der Waals surface area contributed by atoms with Crippen molar-refractivity contribution < 1.29 is 4.39 Å². The zero-order valence-electron chi connectivity index (χ0n) is 11.5. The summed E-state index contributed by atoms with van der Waals surface area (Å²) >= 11 is 6.83. The number of hydrogen-bond donors (Lipinski definition) is 0. The molecular formula is C17H17Br2F. The first-order chi connectivity index (χ1) is 9.54. The van der Waals surface area contributed by atoms with E-state index >= 15 is 0 Å². The molecular weight excluding hydrogens is 383 g/mol. The van der Waals surface area contributed by atoms with E-state index in [2.05, 4.69) is 70.0 Å². The average Bonchev–Trinajstić information content (AvgIpc) is 2.48. The first-order valence-corrected chi connectivity index (χ1v) is 8.43. The molecule has 0 radical (unpaired) electrons. The van der Waals surface area contributed by atoms with Crippen LogP contribution in [0.25, 0.3) is 0 Å². The first-order valence-electron chi connectivity index (χ1n) is 6.72. The highest BCUT2D eigenvalue weighted by Gasteiger charge is 2.16. The molecule has 2 aromatic rings. The fourth-order valence-corrected chi connectivity index (χ4v) is 3.17. The first kappa shape index (κ1) is 15.7. The molecule has 0 aromatic heterocycles. The Hall–Kier alpha value is -0.670. The van der Waals surface area contributed by atoms with Crippen molar-refractivity contribution in [1.29, 1.82) is 0 Å². The molecule has 2 atom stereocenters. The minimum atomic E-state index is -0.208. The number of benzene rings is 2. The Bertz CT molecular complexity index is 578. The second-order valence-electron chi connectivity index (χ2n) is 4.98. The van der Waals surface area contributed by atoms with Gasteiger partial charge in [0.15, 0.2) is 0 Å². The number of hydrogen-bond acceptors (Lipinski definition) is 0. The smallest absolute Gasteiger partial charge is 0.142 e. The fourth-order valence-electron chi connectivity index (χ4n) is 2.12. The summed E-state index contributed by atoms with van der Waals surface area (Å²) in [5, 5.41) is 0. The third-order valence-electron chi connectivity index (χ3n) is 3.67. The van der Waals surface area contributed by atoms with Crippen molar-refractivity contribution in [3.05, 3.63) is 69.4 Å². The van der Waals surface area contributed by atoms with Crippen LogP contribution >= 0.6 is 31.9 Å². The maximum absolute atomic E-state index is 14.1. The van der Waals surface area contributed by atoms with Crippen molar-refractivity contribution in [1.82, 2.24) is 0 Å². The van der Waals surface area contributed by atoms with Crippen LogP contribution < -0.4 is 0 Å². The zero-order valence-corrected chi connectivity index (χ0v) is 14.7. The van der Waals surface area contributed by atoms with Crippen LogP contribution in [0.5, 0.6) is 0 Å². The highest BCUT2D eigenvalue weighted by atomic mass is 79.9. The van der Waals surface area contributed by atoms with Gasteiger partial charge in [-0.3, -0.25) is 0 Å². The fraction of sp³-hybridized carbons (Fsp3) is 0.294. The summed E-state index contributed by atoms with van der Waals surface area (Å²) in [4.78, 5) is -0.133. The number of alkyl halides is 1. The SMILES string of the molecule is CCC(C)c1ccc(C(Br)c2cccc(Br)c2F)cc1. The predicted molar refractivity (Wildman–Crippen MR) is 90.0 cm³/mol. The lowest BCUT2D eigenvalue weighted by Crippen LogP contribution is -1.98. The normalized spacial score (nSPS) is 14.1. The molecule has 0 heterocycles. The van der Waals surface area contributed by atoms with Gasteiger partial charge in [-0.1, -0.05) is 66.2 Å². The van der Waals surface area contributed by atoms with Gasteiger partial charge in [-0.25, -0.2) is 4.39 Å². The van der Waals surface area contributed by atoms with Crippen molar-refractivity contribution in [2.24, 2.45) is 0 Å². The van der Waals surface area contributed by atoms with E-state index in [1.54, 1.807) is 6.07 Å². The van der Waals surface area contributed by atoms with Crippen LogP contribution in [0.2, 0.25) is 0 Å². The van der Waals surface area contributed by atoms with Gasteiger partial charge < -0.3 is 0 Å². The molecule has 0 aliphatic heterocycles. The summed E-state index contributed by atoms with van der Waals surface area (Å²) in [7, 11) is 0. The molecule has 0 fully saturated rings. The minimum Gasteiger partial charge on any atom is -0.205 e. The van der Waals surface area contributed by atoms with E-state index in [0.717, 1.165) is 12.0 Å². The Morgan fingerprint density at radius 3 is 2.25 bits per heavy atom. The molecule has 3 heteroatoms. The second-order valence-corrected chi connectivity index (χ2v) is 6.75. The van der Waals surface area contributed by atoms with Crippen LogP contribution in [0.1, 0.15) is 47.7 Å². The lowest BCUT2D eigenvalue weighted by Gasteiger charge is -2.14. The topological polar surface area (TPSA) is 0 Å². The summed E-state index contributed by atoms with van der Waals surface area (Å²) in [5.74, 6) is 0.348. The quantitative estimate of drug-likeness (QED) is 0.509. The van der Waals surface area contributed by atoms with Gasteiger partial charge in [-0.15, -0.1) is 0 Å². The van der Waals surface area contributed by atoms with Gasteiger partial charge in [0.25, 0.3) is 0 Å². The van der Waals surface area contributed by atoms with E-state index in [9.17, 15) is 4.39 Å². The molecule has 106 valence electrons. The van der Waals surface area contributed by atoms with E-state index in [1.807, 2.05) is 12.1 Å². The van der Waals surface area contributed by atoms with E-state index in [1.165, 1.54) is 5.56 Å². The van der Waals surface area contributed by atoms with Gasteiger partial charge in [0, 0.05) is 5.56 Å². The van der Waals surface area contributed by atoms with Crippen molar-refractivity contribution in [3.63, 3.8) is 0 Å². The van der Waals surface area contributed by atoms with Gasteiger partial charge in [0.1, 0.15) is 5.82 Å². The van der Waals surface area contributed by atoms with Gasteiger partial charge >= 0.3 is 0 Å². The third-order valence-corrected chi connectivity index (χ3v) is 5.30. The van der Waals surface area contributed by atoms with Gasteiger partial charge in [0.2, 0.25) is 0 Å². The molecule has 20 heavy (non-hydrogen) atoms. The molecule has 0 N–H and O–H groups in total. The van der Waals surface area contributed by atoms with Gasteiger partial charge in [-0.05, 0) is 45.5 Å². The van der Waals surface area contributed by atoms with Crippen LogP contribution in [0.15, 0.2) is 46.9 Å². The summed E-state index contributed by atoms with van der Waals surface area (Å²) in [5.41, 5.74) is 3.04. The van der Waals surface area contributed by atoms with E-state index in [0.29, 0.717) is 16.0 Å². The van der Waals surface area contributed by atoms with Crippen LogP contribution in [-0.4, -0.2) is 0 Å². The monoisotopic (exact) mass is 398 g/mol. The lowest BCUT2D eigenvalue weighted by atomic mass is 9.96. The maximum atomic E-state index is 14.1. The molecule has 2 unspecified atom stereocenters. The van der Waals surface area contributed by atoms with E-state index in [-0.39, 0.29) is 10.6 Å². The lowest BCUT2D eigenvalue weighted by molar-refractivity contribution is 0.607. The third kappa shape index (κ3) is 3.32. The molecule has 0 saturated carbocycles. The molecule has 0 bridgehead atoms. The van der Waals surface area contributed by atoms with E-state index in [4.69, 9.17) is 0 Å². The summed E-state index contributed by atoms with van der Waals surface area (Å²) in [6.07, 6.45) is 1.12. The van der Waals surface area contributed by atoms with Crippen molar-refractivity contribution >= 4 is 31.9 Å². The van der Waals surface area contributed by atoms with Crippen molar-refractivity contribution in [2.75, 3.05) is 0 Å². The van der Waals surface area contributed by atoms with E-state index < -0.39 is 0 Å². The Kier molecular flexibility index (Phi) is 5.39. The van der Waals surface area contributed by atoms with Gasteiger partial charge in [-0.2, -0.15) is 0 Å². The van der Waals surface area contributed by atoms with Crippen LogP contribution in [-0.2, 0) is 0 Å². The molecule has 0 nitrogen and oxygen atoms in total. The largest absolute Gasteiger partial charge is 0.205 e. The highest BCUT2D eigenvalue weighted by Crippen LogP contribution is 2.35. The van der Waals surface area contributed by atoms with Crippen LogP contribution in [0.3, 0.4) is 0 Å². The molecule has 0 amide bonds. The maximum Gasteiger partial charge on any atom is 0.142 e. The molecule has 0 aliphatic rings. The zero-order chi connectivity index (χ0) is 14.7. The summed E-state index contributed by atoms with van der Waals surface area (Å²) in [6.45, 7) is 4.40. The van der Waals surface area contributed by atoms with Gasteiger partial charge in [0.05, 0.1) is 9.30 Å². The number of halogens is 3. The second kappa shape index (κ2) is 6.86. The predicted octanol–water partition coefficient (Wildman–Crippen LogP) is 6.59. The number of rotatable bonds is 4. The Morgan fingerprint density at radius 1 is 1.05 bits per heavy atom. The minimum absolute atomic E-state index is 0.133. The van der Waals surface area contributed by atoms with Crippen molar-refractivity contribution in [2.45, 2.75) is 31.0 Å². The molecule has 2 rings (SSSR count). The van der Waals surface area contributed by atoms with Crippen LogP contribution in [0.4, 0.5) is 4.39 Å². The molecule has 0 spiro atoms. The summed E-state index contributed by atoms with van der Waals surface area (Å²) in [6, 6.07) is 13.8. The standard InChI is InChI=1S/C17H17Br2F/c1-3-11(2)12-7-9-13(10-8-12)16(19)14-5-4-6-15(18)17(14)20/h4-11,16H,3H2,1-2H3. The molecule has 0 saturated heterocycles. The van der Waals surface area contributed by atoms with Crippen LogP contribution in [0, 0.1) is 5.82 Å². The summed E-state index contributed by atoms with van der Waals surface area (Å²) < 4.78 is 14.6. The Labute approximate surface area is 136 Å². The van der Waals surface area contributed by atoms with Crippen molar-refractivity contribution in [3.8, 4) is 0 Å². The Balaban J connectivity index is 2.29. The highest BCUT2D eigenvalue weighted by molar-refractivity contribution is 9.10. The molecule has 0 aliphatic carbocycles. The Morgan fingerprint density at radius 2 is 1.65 bits per heavy atom. The average molecular weight is 400 g/mol. The molecule has 2 aromatic carbocycles.